The Morgan fingerprint density at radius 3 is 2.41 bits per heavy atom. The molecular weight excluding hydrogens is 298 g/mol. The van der Waals surface area contributed by atoms with Crippen LogP contribution >= 0.6 is 11.3 Å². The number of ether oxygens (including phenoxy) is 1. The fraction of sp³-hybridized carbons (Fsp3) is 0.375. The highest BCUT2D eigenvalue weighted by Crippen LogP contribution is 2.21. The molecule has 5 nitrogen and oxygen atoms in total. The Morgan fingerprint density at radius 1 is 1.18 bits per heavy atom. The molecule has 0 spiro atoms. The van der Waals surface area contributed by atoms with Crippen LogP contribution in [0.15, 0.2) is 29.6 Å². The fourth-order valence-corrected chi connectivity index (χ4v) is 3.31. The van der Waals surface area contributed by atoms with Crippen molar-refractivity contribution in [2.24, 2.45) is 0 Å². The first kappa shape index (κ1) is 14.8. The van der Waals surface area contributed by atoms with Gasteiger partial charge in [-0.05, 0) is 31.2 Å². The van der Waals surface area contributed by atoms with E-state index in [1.807, 2.05) is 29.3 Å². The van der Waals surface area contributed by atoms with Crippen LogP contribution in [0.3, 0.4) is 0 Å². The number of hydrogen-bond donors (Lipinski definition) is 0. The number of piperazine rings is 1. The molecule has 0 unspecified atom stereocenters. The van der Waals surface area contributed by atoms with Gasteiger partial charge in [-0.25, -0.2) is 4.98 Å². The van der Waals surface area contributed by atoms with Gasteiger partial charge in [-0.3, -0.25) is 4.79 Å². The second-order valence-electron chi connectivity index (χ2n) is 5.27. The summed E-state index contributed by atoms with van der Waals surface area (Å²) >= 11 is 1.42. The summed E-state index contributed by atoms with van der Waals surface area (Å²) in [7, 11) is 1.67. The lowest BCUT2D eigenvalue weighted by molar-refractivity contribution is 0.0746. The average Bonchev–Trinajstić information content (AvgIpc) is 3.01. The van der Waals surface area contributed by atoms with E-state index in [2.05, 4.69) is 22.0 Å². The minimum Gasteiger partial charge on any atom is -0.497 e. The Morgan fingerprint density at radius 2 is 1.86 bits per heavy atom. The van der Waals surface area contributed by atoms with E-state index in [4.69, 9.17) is 4.74 Å². The Kier molecular flexibility index (Phi) is 4.29. The quantitative estimate of drug-likeness (QED) is 0.872. The van der Waals surface area contributed by atoms with Crippen LogP contribution in [0.5, 0.6) is 5.75 Å². The first-order valence-corrected chi connectivity index (χ1v) is 8.16. The minimum absolute atomic E-state index is 0.0486. The first-order valence-electron chi connectivity index (χ1n) is 7.28. The highest BCUT2D eigenvalue weighted by atomic mass is 32.1. The Labute approximate surface area is 134 Å². The number of methoxy groups -OCH3 is 1. The maximum atomic E-state index is 12.4. The van der Waals surface area contributed by atoms with E-state index < -0.39 is 0 Å². The molecule has 2 aromatic rings. The van der Waals surface area contributed by atoms with E-state index in [0.29, 0.717) is 5.01 Å². The number of aromatic nitrogens is 1. The molecule has 1 aliphatic rings. The lowest BCUT2D eigenvalue weighted by Crippen LogP contribution is -2.48. The van der Waals surface area contributed by atoms with Gasteiger partial charge >= 0.3 is 0 Å². The van der Waals surface area contributed by atoms with Crippen LogP contribution in [0, 0.1) is 6.92 Å². The van der Waals surface area contributed by atoms with E-state index in [1.54, 1.807) is 7.11 Å². The summed E-state index contributed by atoms with van der Waals surface area (Å²) in [6.07, 6.45) is 0. The molecule has 1 aromatic carbocycles. The molecular formula is C16H19N3O2S. The van der Waals surface area contributed by atoms with Crippen molar-refractivity contribution in [2.75, 3.05) is 38.2 Å². The summed E-state index contributed by atoms with van der Waals surface area (Å²) in [5.74, 6) is 0.907. The number of anilines is 1. The third-order valence-electron chi connectivity index (χ3n) is 3.81. The summed E-state index contributed by atoms with van der Waals surface area (Å²) < 4.78 is 5.18. The zero-order chi connectivity index (χ0) is 15.5. The van der Waals surface area contributed by atoms with Crippen LogP contribution in [0.2, 0.25) is 0 Å². The number of benzene rings is 1. The second-order valence-corrected chi connectivity index (χ2v) is 6.13. The fourth-order valence-electron chi connectivity index (χ4n) is 2.55. The third-order valence-corrected chi connectivity index (χ3v) is 4.75. The van der Waals surface area contributed by atoms with Crippen molar-refractivity contribution in [3.8, 4) is 5.75 Å². The standard InChI is InChI=1S/C16H19N3O2S/c1-12-11-22-15(17-12)16(20)19-9-7-18(8-10-19)13-3-5-14(21-2)6-4-13/h3-6,11H,7-10H2,1-2H3. The molecule has 6 heteroatoms. The molecule has 1 fully saturated rings. The Bertz CT molecular complexity index is 646. The molecule has 116 valence electrons. The van der Waals surface area contributed by atoms with E-state index >= 15 is 0 Å². The van der Waals surface area contributed by atoms with Crippen LogP contribution in [0.25, 0.3) is 0 Å². The van der Waals surface area contributed by atoms with Crippen LogP contribution in [-0.4, -0.2) is 49.1 Å². The number of thiazole rings is 1. The van der Waals surface area contributed by atoms with Gasteiger partial charge in [0.05, 0.1) is 7.11 Å². The Hall–Kier alpha value is -2.08. The molecule has 1 aromatic heterocycles. The molecule has 1 aliphatic heterocycles. The van der Waals surface area contributed by atoms with E-state index in [1.165, 1.54) is 11.3 Å². The number of amides is 1. The number of rotatable bonds is 3. The highest BCUT2D eigenvalue weighted by molar-refractivity contribution is 7.11. The van der Waals surface area contributed by atoms with Crippen LogP contribution in [0.1, 0.15) is 15.5 Å². The molecule has 0 radical (unpaired) electrons. The lowest BCUT2D eigenvalue weighted by Gasteiger charge is -2.35. The van der Waals surface area contributed by atoms with Crippen LogP contribution < -0.4 is 9.64 Å². The maximum Gasteiger partial charge on any atom is 0.282 e. The largest absolute Gasteiger partial charge is 0.497 e. The van der Waals surface area contributed by atoms with Gasteiger partial charge < -0.3 is 14.5 Å². The van der Waals surface area contributed by atoms with Gasteiger partial charge in [0, 0.05) is 42.9 Å². The van der Waals surface area contributed by atoms with Crippen molar-refractivity contribution in [3.63, 3.8) is 0 Å². The summed E-state index contributed by atoms with van der Waals surface area (Å²) in [5.41, 5.74) is 2.07. The Balaban J connectivity index is 1.61. The smallest absolute Gasteiger partial charge is 0.282 e. The average molecular weight is 317 g/mol. The van der Waals surface area contributed by atoms with Gasteiger partial charge in [0.25, 0.3) is 5.91 Å². The first-order chi connectivity index (χ1) is 10.7. The molecule has 22 heavy (non-hydrogen) atoms. The molecule has 0 atom stereocenters. The van der Waals surface area contributed by atoms with Crippen molar-refractivity contribution in [1.82, 2.24) is 9.88 Å². The monoisotopic (exact) mass is 317 g/mol. The highest BCUT2D eigenvalue weighted by Gasteiger charge is 2.24. The summed E-state index contributed by atoms with van der Waals surface area (Å²) in [6, 6.07) is 8.04. The number of nitrogens with zero attached hydrogens (tertiary/aromatic N) is 3. The molecule has 0 saturated carbocycles. The van der Waals surface area contributed by atoms with Gasteiger partial charge in [-0.15, -0.1) is 11.3 Å². The summed E-state index contributed by atoms with van der Waals surface area (Å²) in [6.45, 7) is 5.03. The third kappa shape index (κ3) is 3.06. The van der Waals surface area contributed by atoms with Crippen molar-refractivity contribution < 1.29 is 9.53 Å². The predicted octanol–water partition coefficient (Wildman–Crippen LogP) is 2.42. The summed E-state index contributed by atoms with van der Waals surface area (Å²) in [4.78, 5) is 20.8. The minimum atomic E-state index is 0.0486. The number of carbonyl (C=O) groups excluding carboxylic acids is 1. The number of carbonyl (C=O) groups is 1. The normalized spacial score (nSPS) is 15.0. The van der Waals surface area contributed by atoms with Gasteiger partial charge in [0.1, 0.15) is 5.75 Å². The van der Waals surface area contributed by atoms with E-state index in [9.17, 15) is 4.79 Å². The van der Waals surface area contributed by atoms with E-state index in [-0.39, 0.29) is 5.91 Å². The second kappa shape index (κ2) is 6.36. The molecule has 0 aliphatic carbocycles. The molecule has 0 N–H and O–H groups in total. The number of hydrogen-bond acceptors (Lipinski definition) is 5. The van der Waals surface area contributed by atoms with Gasteiger partial charge in [0.2, 0.25) is 0 Å². The van der Waals surface area contributed by atoms with Crippen molar-refractivity contribution >= 4 is 22.9 Å². The van der Waals surface area contributed by atoms with Crippen molar-refractivity contribution in [2.45, 2.75) is 6.92 Å². The van der Waals surface area contributed by atoms with Crippen LogP contribution in [-0.2, 0) is 0 Å². The van der Waals surface area contributed by atoms with Gasteiger partial charge in [-0.2, -0.15) is 0 Å². The predicted molar refractivity (Wildman–Crippen MR) is 88.0 cm³/mol. The van der Waals surface area contributed by atoms with Crippen molar-refractivity contribution in [1.29, 1.82) is 0 Å². The zero-order valence-electron chi connectivity index (χ0n) is 12.8. The molecule has 2 heterocycles. The molecule has 1 saturated heterocycles. The number of aryl methyl sites for hydroxylation is 1. The van der Waals surface area contributed by atoms with Gasteiger partial charge in [0.15, 0.2) is 5.01 Å². The summed E-state index contributed by atoms with van der Waals surface area (Å²) in [5, 5.41) is 2.51. The van der Waals surface area contributed by atoms with E-state index in [0.717, 1.165) is 43.3 Å². The zero-order valence-corrected chi connectivity index (χ0v) is 13.6. The molecule has 0 bridgehead atoms. The van der Waals surface area contributed by atoms with Crippen molar-refractivity contribution in [3.05, 3.63) is 40.3 Å². The molecule has 1 amide bonds. The maximum absolute atomic E-state index is 12.4. The lowest BCUT2D eigenvalue weighted by atomic mass is 10.2. The topological polar surface area (TPSA) is 45.7 Å². The molecule has 3 rings (SSSR count). The van der Waals surface area contributed by atoms with Gasteiger partial charge in [-0.1, -0.05) is 0 Å². The van der Waals surface area contributed by atoms with Crippen LogP contribution in [0.4, 0.5) is 5.69 Å². The SMILES string of the molecule is COc1ccc(N2CCN(C(=O)c3nc(C)cs3)CC2)cc1.